The van der Waals surface area contributed by atoms with Gasteiger partial charge in [-0.1, -0.05) is 0 Å². The molecular formula is C14H19F3N4O. The molecule has 0 aliphatic carbocycles. The van der Waals surface area contributed by atoms with Crippen LogP contribution in [0, 0.1) is 0 Å². The van der Waals surface area contributed by atoms with Crippen molar-refractivity contribution < 1.29 is 18.0 Å². The van der Waals surface area contributed by atoms with Crippen LogP contribution in [0.3, 0.4) is 0 Å². The number of rotatable bonds is 3. The molecule has 3 heterocycles. The van der Waals surface area contributed by atoms with E-state index in [1.54, 1.807) is 11.9 Å². The second kappa shape index (κ2) is 5.57. The number of fused-ring (bicyclic) bond motifs is 2. The molecule has 3 rings (SSSR count). The zero-order valence-corrected chi connectivity index (χ0v) is 12.3. The van der Waals surface area contributed by atoms with Crippen LogP contribution >= 0.6 is 0 Å². The molecule has 2 aliphatic heterocycles. The van der Waals surface area contributed by atoms with Crippen molar-refractivity contribution in [2.24, 2.45) is 0 Å². The number of amides is 1. The number of piperidine rings is 1. The van der Waals surface area contributed by atoms with Gasteiger partial charge in [-0.3, -0.25) is 9.48 Å². The molecule has 1 aromatic rings. The Labute approximate surface area is 126 Å². The molecule has 22 heavy (non-hydrogen) atoms. The summed E-state index contributed by atoms with van der Waals surface area (Å²) in [7, 11) is 1.73. The van der Waals surface area contributed by atoms with Gasteiger partial charge in [0.25, 0.3) is 0 Å². The number of hydrogen-bond donors (Lipinski definition) is 1. The largest absolute Gasteiger partial charge is 0.435 e. The van der Waals surface area contributed by atoms with E-state index in [4.69, 9.17) is 0 Å². The van der Waals surface area contributed by atoms with Crippen molar-refractivity contribution in [1.82, 2.24) is 20.0 Å². The third-order valence-electron chi connectivity index (χ3n) is 4.62. The number of carbonyl (C=O) groups is 1. The van der Waals surface area contributed by atoms with Gasteiger partial charge in [-0.05, 0) is 31.7 Å². The van der Waals surface area contributed by atoms with Crippen LogP contribution in [0.2, 0.25) is 0 Å². The Kier molecular flexibility index (Phi) is 3.88. The highest BCUT2D eigenvalue weighted by atomic mass is 19.4. The van der Waals surface area contributed by atoms with Gasteiger partial charge in [-0.25, -0.2) is 0 Å². The van der Waals surface area contributed by atoms with Crippen molar-refractivity contribution in [3.63, 3.8) is 0 Å². The Balaban J connectivity index is 1.60. The van der Waals surface area contributed by atoms with Crippen molar-refractivity contribution in [3.8, 4) is 0 Å². The van der Waals surface area contributed by atoms with Gasteiger partial charge < -0.3 is 10.2 Å². The van der Waals surface area contributed by atoms with E-state index in [0.29, 0.717) is 12.1 Å². The van der Waals surface area contributed by atoms with E-state index in [-0.39, 0.29) is 18.5 Å². The summed E-state index contributed by atoms with van der Waals surface area (Å²) in [5.74, 6) is -0.205. The minimum atomic E-state index is -4.48. The SMILES string of the molecule is CN(C(=O)Cn1ccc(C(F)(F)F)n1)C1CC2CCC(C1)N2. The highest BCUT2D eigenvalue weighted by molar-refractivity contribution is 5.76. The Hall–Kier alpha value is -1.57. The fourth-order valence-electron chi connectivity index (χ4n) is 3.40. The lowest BCUT2D eigenvalue weighted by molar-refractivity contribution is -0.142. The second-order valence-corrected chi connectivity index (χ2v) is 6.16. The number of nitrogens with one attached hydrogen (secondary N) is 1. The Morgan fingerprint density at radius 1 is 1.41 bits per heavy atom. The Morgan fingerprint density at radius 3 is 2.59 bits per heavy atom. The Morgan fingerprint density at radius 2 is 2.05 bits per heavy atom. The number of carbonyl (C=O) groups excluding carboxylic acids is 1. The summed E-state index contributed by atoms with van der Waals surface area (Å²) in [5.41, 5.74) is -0.970. The molecule has 2 bridgehead atoms. The molecule has 0 saturated carbocycles. The number of hydrogen-bond acceptors (Lipinski definition) is 3. The summed E-state index contributed by atoms with van der Waals surface area (Å²) in [6.07, 6.45) is 0.807. The van der Waals surface area contributed by atoms with Gasteiger partial charge >= 0.3 is 6.18 Å². The van der Waals surface area contributed by atoms with Gasteiger partial charge in [0, 0.05) is 31.4 Å². The van der Waals surface area contributed by atoms with Gasteiger partial charge in [0.2, 0.25) is 5.91 Å². The molecule has 1 N–H and O–H groups in total. The first-order chi connectivity index (χ1) is 10.3. The smallest absolute Gasteiger partial charge is 0.341 e. The van der Waals surface area contributed by atoms with Crippen molar-refractivity contribution >= 4 is 5.91 Å². The Bertz CT molecular complexity index is 545. The molecule has 0 aromatic carbocycles. The maximum atomic E-state index is 12.5. The first-order valence-corrected chi connectivity index (χ1v) is 7.45. The zero-order valence-electron chi connectivity index (χ0n) is 12.3. The first-order valence-electron chi connectivity index (χ1n) is 7.45. The summed E-state index contributed by atoms with van der Waals surface area (Å²) in [6.45, 7) is -0.161. The van der Waals surface area contributed by atoms with Crippen LogP contribution in [-0.4, -0.2) is 45.8 Å². The molecule has 2 aliphatic rings. The molecule has 2 fully saturated rings. The van der Waals surface area contributed by atoms with Gasteiger partial charge in [0.15, 0.2) is 5.69 Å². The lowest BCUT2D eigenvalue weighted by Crippen LogP contribution is -2.49. The van der Waals surface area contributed by atoms with Crippen molar-refractivity contribution in [2.45, 2.75) is 56.5 Å². The van der Waals surface area contributed by atoms with E-state index in [2.05, 4.69) is 10.4 Å². The molecular weight excluding hydrogens is 297 g/mol. The number of likely N-dealkylation sites (N-methyl/N-ethyl adjacent to an activating group) is 1. The fourth-order valence-corrected chi connectivity index (χ4v) is 3.40. The molecule has 8 heteroatoms. The molecule has 1 amide bonds. The van der Waals surface area contributed by atoms with Crippen molar-refractivity contribution in [2.75, 3.05) is 7.05 Å². The third kappa shape index (κ3) is 3.11. The highest BCUT2D eigenvalue weighted by Gasteiger charge is 2.37. The third-order valence-corrected chi connectivity index (χ3v) is 4.62. The predicted molar refractivity (Wildman–Crippen MR) is 73.0 cm³/mol. The zero-order chi connectivity index (χ0) is 15.9. The van der Waals surface area contributed by atoms with E-state index >= 15 is 0 Å². The topological polar surface area (TPSA) is 50.2 Å². The molecule has 0 spiro atoms. The van der Waals surface area contributed by atoms with Crippen LogP contribution in [0.25, 0.3) is 0 Å². The fraction of sp³-hybridized carbons (Fsp3) is 0.714. The van der Waals surface area contributed by atoms with Crippen molar-refractivity contribution in [3.05, 3.63) is 18.0 Å². The first kappa shape index (κ1) is 15.3. The number of alkyl halides is 3. The summed E-state index contributed by atoms with van der Waals surface area (Å²) in [6, 6.07) is 1.96. The van der Waals surface area contributed by atoms with Crippen LogP contribution in [0.1, 0.15) is 31.4 Å². The monoisotopic (exact) mass is 316 g/mol. The van der Waals surface area contributed by atoms with Crippen LogP contribution in [-0.2, 0) is 17.5 Å². The molecule has 1 aromatic heterocycles. The van der Waals surface area contributed by atoms with Crippen LogP contribution in [0.15, 0.2) is 12.3 Å². The minimum Gasteiger partial charge on any atom is -0.341 e. The maximum Gasteiger partial charge on any atom is 0.435 e. The van der Waals surface area contributed by atoms with Gasteiger partial charge in [-0.2, -0.15) is 18.3 Å². The standard InChI is InChI=1S/C14H19F3N4O/c1-20(11-6-9-2-3-10(7-11)18-9)13(22)8-21-5-4-12(19-21)14(15,16)17/h4-5,9-11,18H,2-3,6-8H2,1H3. The number of aromatic nitrogens is 2. The summed E-state index contributed by atoms with van der Waals surface area (Å²) >= 11 is 0. The summed E-state index contributed by atoms with van der Waals surface area (Å²) in [4.78, 5) is 13.9. The second-order valence-electron chi connectivity index (χ2n) is 6.16. The van der Waals surface area contributed by atoms with Crippen LogP contribution in [0.4, 0.5) is 13.2 Å². The van der Waals surface area contributed by atoms with Gasteiger partial charge in [-0.15, -0.1) is 0 Å². The van der Waals surface area contributed by atoms with E-state index < -0.39 is 11.9 Å². The highest BCUT2D eigenvalue weighted by Crippen LogP contribution is 2.29. The predicted octanol–water partition coefficient (Wildman–Crippen LogP) is 1.64. The summed E-state index contributed by atoms with van der Waals surface area (Å²) in [5, 5.41) is 6.93. The molecule has 5 nitrogen and oxygen atoms in total. The molecule has 0 radical (unpaired) electrons. The quantitative estimate of drug-likeness (QED) is 0.922. The number of halogens is 3. The lowest BCUT2D eigenvalue weighted by Gasteiger charge is -2.35. The molecule has 2 unspecified atom stereocenters. The lowest BCUT2D eigenvalue weighted by atomic mass is 9.98. The molecule has 2 saturated heterocycles. The van der Waals surface area contributed by atoms with Crippen LogP contribution < -0.4 is 5.32 Å². The average Bonchev–Trinajstić information content (AvgIpc) is 3.04. The minimum absolute atomic E-state index is 0.156. The van der Waals surface area contributed by atoms with E-state index in [1.807, 2.05) is 0 Å². The van der Waals surface area contributed by atoms with E-state index in [9.17, 15) is 18.0 Å². The molecule has 2 atom stereocenters. The normalized spacial score (nSPS) is 27.9. The average molecular weight is 316 g/mol. The van der Waals surface area contributed by atoms with Gasteiger partial charge in [0.1, 0.15) is 6.54 Å². The van der Waals surface area contributed by atoms with Crippen LogP contribution in [0.5, 0.6) is 0 Å². The number of nitrogens with zero attached hydrogens (tertiary/aromatic N) is 3. The van der Waals surface area contributed by atoms with Gasteiger partial charge in [0.05, 0.1) is 0 Å². The van der Waals surface area contributed by atoms with E-state index in [1.165, 1.54) is 6.20 Å². The van der Waals surface area contributed by atoms with Crippen molar-refractivity contribution in [1.29, 1.82) is 0 Å². The molecule has 122 valence electrons. The maximum absolute atomic E-state index is 12.5. The van der Waals surface area contributed by atoms with E-state index in [0.717, 1.165) is 36.4 Å². The summed E-state index contributed by atoms with van der Waals surface area (Å²) < 4.78 is 38.6.